The van der Waals surface area contributed by atoms with Crippen molar-refractivity contribution < 1.29 is 67.2 Å². The second-order valence-corrected chi connectivity index (χ2v) is 17.7. The molecule has 2 saturated carbocycles. The number of aliphatic hydroxyl groups excluding tert-OH is 2. The van der Waals surface area contributed by atoms with E-state index in [-0.39, 0.29) is 41.2 Å². The summed E-state index contributed by atoms with van der Waals surface area (Å²) in [4.78, 5) is 26.2. The van der Waals surface area contributed by atoms with E-state index in [0.29, 0.717) is 44.9 Å². The van der Waals surface area contributed by atoms with E-state index < -0.39 is 85.3 Å². The van der Waals surface area contributed by atoms with Gasteiger partial charge in [0.2, 0.25) is 0 Å². The SMILES string of the molecule is CO[C@H]1C[C@H](O[C@H]2[C@@H](OC)C[C@H](O[C@@H]3CC4=CC[C@H]5C(=O)[C@](C)(C6=CC(=O)OC6C)CC[C@@H]5[C@@]4(C)C[C@H]3O)O[C@@H]2C)O[C@@H](C)[C@H]1O[C@H]1C[C@H](OC)[C@H](O)C(C)O1. The number of allylic oxidation sites excluding steroid dienone is 1. The van der Waals surface area contributed by atoms with Crippen molar-refractivity contribution in [3.63, 3.8) is 0 Å². The third-order valence-corrected chi connectivity index (χ3v) is 14.4. The van der Waals surface area contributed by atoms with Crippen LogP contribution in [0.3, 0.4) is 0 Å². The third kappa shape index (κ3) is 7.82. The summed E-state index contributed by atoms with van der Waals surface area (Å²) in [5.41, 5.74) is 0.947. The highest BCUT2D eigenvalue weighted by atomic mass is 16.7. The van der Waals surface area contributed by atoms with Crippen LogP contribution in [-0.2, 0) is 57.0 Å². The van der Waals surface area contributed by atoms with Crippen LogP contribution in [-0.4, -0.2) is 135 Å². The van der Waals surface area contributed by atoms with Crippen LogP contribution in [0.2, 0.25) is 0 Å². The van der Waals surface area contributed by atoms with E-state index in [9.17, 15) is 19.8 Å². The Morgan fingerprint density at radius 2 is 1.30 bits per heavy atom. The lowest BCUT2D eigenvalue weighted by Gasteiger charge is -2.56. The predicted octanol–water partition coefficient (Wildman–Crippen LogP) is 3.92. The van der Waals surface area contributed by atoms with Gasteiger partial charge in [-0.25, -0.2) is 4.79 Å². The highest BCUT2D eigenvalue weighted by Gasteiger charge is 2.58. The normalized spacial score (nSPS) is 49.7. The van der Waals surface area contributed by atoms with Gasteiger partial charge in [0.25, 0.3) is 0 Å². The second kappa shape index (κ2) is 16.7. The van der Waals surface area contributed by atoms with Crippen LogP contribution < -0.4 is 0 Å². The first kappa shape index (κ1) is 42.3. The van der Waals surface area contributed by atoms with Gasteiger partial charge in [0.15, 0.2) is 18.9 Å². The molecule has 7 rings (SSSR count). The molecule has 14 heteroatoms. The molecule has 56 heavy (non-hydrogen) atoms. The fraction of sp³-hybridized carbons (Fsp3) is 0.857. The minimum atomic E-state index is -0.747. The van der Waals surface area contributed by atoms with Crippen LogP contribution in [0.1, 0.15) is 92.9 Å². The Labute approximate surface area is 330 Å². The number of carbonyl (C=O) groups is 2. The zero-order chi connectivity index (χ0) is 40.3. The van der Waals surface area contributed by atoms with E-state index in [1.54, 1.807) is 28.3 Å². The van der Waals surface area contributed by atoms with Crippen LogP contribution in [0.25, 0.3) is 0 Å². The molecule has 19 atom stereocenters. The Kier molecular flexibility index (Phi) is 12.6. The maximum atomic E-state index is 14.2. The molecule has 4 heterocycles. The number of fused-ring (bicyclic) bond motifs is 3. The molecule has 2 unspecified atom stereocenters. The number of Topliss-reactive ketones (excluding diaryl/α,β-unsaturated/α-hetero) is 1. The monoisotopic (exact) mass is 792 g/mol. The van der Waals surface area contributed by atoms with Gasteiger partial charge in [0.05, 0.1) is 54.2 Å². The zero-order valence-electron chi connectivity index (χ0n) is 34.4. The number of esters is 1. The first-order valence-electron chi connectivity index (χ1n) is 20.6. The fourth-order valence-corrected chi connectivity index (χ4v) is 11.1. The number of ether oxygens (including phenoxy) is 10. The summed E-state index contributed by atoms with van der Waals surface area (Å²) in [5.74, 6) is -0.288. The molecule has 316 valence electrons. The van der Waals surface area contributed by atoms with Crippen molar-refractivity contribution in [1.29, 1.82) is 0 Å². The average Bonchev–Trinajstić information content (AvgIpc) is 3.51. The topological polar surface area (TPSA) is 167 Å². The maximum Gasteiger partial charge on any atom is 0.331 e. The number of rotatable bonds is 10. The highest BCUT2D eigenvalue weighted by Crippen LogP contribution is 2.60. The van der Waals surface area contributed by atoms with Gasteiger partial charge < -0.3 is 57.6 Å². The van der Waals surface area contributed by atoms with Gasteiger partial charge in [-0.05, 0) is 83.6 Å². The molecular formula is C42H64O14. The van der Waals surface area contributed by atoms with Crippen molar-refractivity contribution in [1.82, 2.24) is 0 Å². The molecule has 14 nitrogen and oxygen atoms in total. The predicted molar refractivity (Wildman–Crippen MR) is 199 cm³/mol. The molecule has 3 aliphatic carbocycles. The summed E-state index contributed by atoms with van der Waals surface area (Å²) >= 11 is 0. The lowest BCUT2D eigenvalue weighted by molar-refractivity contribution is -0.339. The van der Waals surface area contributed by atoms with Crippen LogP contribution in [0.4, 0.5) is 0 Å². The minimum Gasteiger partial charge on any atom is -0.455 e. The van der Waals surface area contributed by atoms with Gasteiger partial charge in [-0.2, -0.15) is 0 Å². The second-order valence-electron chi connectivity index (χ2n) is 17.7. The summed E-state index contributed by atoms with van der Waals surface area (Å²) < 4.78 is 60.8. The molecule has 4 aliphatic heterocycles. The number of methoxy groups -OCH3 is 3. The Hall–Kier alpha value is -1.82. The van der Waals surface area contributed by atoms with Gasteiger partial charge in [-0.15, -0.1) is 0 Å². The summed E-state index contributed by atoms with van der Waals surface area (Å²) in [6, 6.07) is 0. The lowest BCUT2D eigenvalue weighted by atomic mass is 9.49. The molecule has 0 amide bonds. The number of hydrogen-bond donors (Lipinski definition) is 2. The van der Waals surface area contributed by atoms with Crippen molar-refractivity contribution in [3.05, 3.63) is 23.3 Å². The van der Waals surface area contributed by atoms with Gasteiger partial charge in [-0.1, -0.05) is 18.6 Å². The van der Waals surface area contributed by atoms with Crippen LogP contribution in [0.15, 0.2) is 23.3 Å². The minimum absolute atomic E-state index is 0.0972. The first-order valence-corrected chi connectivity index (χ1v) is 20.6. The van der Waals surface area contributed by atoms with Crippen LogP contribution in [0.5, 0.6) is 0 Å². The summed E-state index contributed by atoms with van der Waals surface area (Å²) in [7, 11) is 4.85. The van der Waals surface area contributed by atoms with E-state index in [2.05, 4.69) is 13.0 Å². The van der Waals surface area contributed by atoms with Crippen molar-refractivity contribution in [2.24, 2.45) is 22.7 Å². The number of cyclic esters (lactones) is 1. The molecule has 0 aromatic heterocycles. The Morgan fingerprint density at radius 1 is 0.750 bits per heavy atom. The van der Waals surface area contributed by atoms with Crippen molar-refractivity contribution in [3.8, 4) is 0 Å². The lowest BCUT2D eigenvalue weighted by Crippen LogP contribution is -2.57. The van der Waals surface area contributed by atoms with Crippen LogP contribution in [0, 0.1) is 22.7 Å². The van der Waals surface area contributed by atoms with E-state index in [1.165, 1.54) is 11.6 Å². The first-order chi connectivity index (χ1) is 26.6. The Morgan fingerprint density at radius 3 is 1.86 bits per heavy atom. The third-order valence-electron chi connectivity index (χ3n) is 14.4. The molecule has 0 spiro atoms. The number of aliphatic hydroxyl groups is 2. The average molecular weight is 793 g/mol. The molecule has 0 aromatic carbocycles. The maximum absolute atomic E-state index is 14.2. The number of carbonyl (C=O) groups excluding carboxylic acids is 2. The molecule has 3 saturated heterocycles. The summed E-state index contributed by atoms with van der Waals surface area (Å²) in [5, 5.41) is 22.0. The van der Waals surface area contributed by atoms with E-state index in [0.717, 1.165) is 12.0 Å². The van der Waals surface area contributed by atoms with Gasteiger partial charge >= 0.3 is 5.97 Å². The van der Waals surface area contributed by atoms with Crippen molar-refractivity contribution in [2.45, 2.75) is 185 Å². The molecule has 2 N–H and O–H groups in total. The van der Waals surface area contributed by atoms with Crippen LogP contribution >= 0.6 is 0 Å². The molecule has 5 fully saturated rings. The van der Waals surface area contributed by atoms with E-state index in [1.807, 2.05) is 27.7 Å². The fourth-order valence-electron chi connectivity index (χ4n) is 11.1. The molecule has 0 aromatic rings. The van der Waals surface area contributed by atoms with E-state index >= 15 is 0 Å². The Bertz CT molecular complexity index is 1500. The molecular weight excluding hydrogens is 728 g/mol. The van der Waals surface area contributed by atoms with Gasteiger partial charge in [0, 0.05) is 52.6 Å². The largest absolute Gasteiger partial charge is 0.455 e. The zero-order valence-corrected chi connectivity index (χ0v) is 34.4. The van der Waals surface area contributed by atoms with Gasteiger partial charge in [0.1, 0.15) is 30.2 Å². The van der Waals surface area contributed by atoms with Gasteiger partial charge in [-0.3, -0.25) is 4.79 Å². The molecule has 0 bridgehead atoms. The highest BCUT2D eigenvalue weighted by molar-refractivity contribution is 5.95. The Balaban J connectivity index is 0.949. The standard InChI is InChI=1S/C42H64O14/c1-20-27(15-33(44)50-20)41(5)13-12-26-25(40(41)46)11-10-24-14-29(28(43)19-42(24,26)6)54-34-17-31(48-8)38(22(3)52-34)56-36-18-32(49-9)39(23(4)53-36)55-35-16-30(47-7)37(45)21(2)51-35/h10,15,20-23,25-26,28-32,34-39,43,45H,11-14,16-19H2,1-9H3/t20?,21?,22-,23+,25-,26+,28-,29-,30+,31+,32+,34+,35+,36+,37-,38-,39-,41+,42+/m1/s1. The number of hydrogen-bond acceptors (Lipinski definition) is 14. The van der Waals surface area contributed by atoms with Crippen molar-refractivity contribution in [2.75, 3.05) is 21.3 Å². The summed E-state index contributed by atoms with van der Waals surface area (Å²) in [6.45, 7) is 11.6. The molecule has 7 aliphatic rings. The summed E-state index contributed by atoms with van der Waals surface area (Å²) in [6.07, 6.45) is 0.605. The molecule has 0 radical (unpaired) electrons. The smallest absolute Gasteiger partial charge is 0.331 e. The quantitative estimate of drug-likeness (QED) is 0.242. The van der Waals surface area contributed by atoms with E-state index in [4.69, 9.17) is 47.4 Å². The number of ketones is 1. The van der Waals surface area contributed by atoms with Crippen molar-refractivity contribution >= 4 is 11.8 Å².